The van der Waals surface area contributed by atoms with Crippen LogP contribution in [0.1, 0.15) is 31.4 Å². The van der Waals surface area contributed by atoms with Crippen molar-refractivity contribution in [1.29, 1.82) is 0 Å². The highest BCUT2D eigenvalue weighted by Gasteiger charge is 2.35. The number of sulfone groups is 1. The van der Waals surface area contributed by atoms with Crippen molar-refractivity contribution in [3.8, 4) is 0 Å². The molecule has 1 fully saturated rings. The molecule has 0 radical (unpaired) electrons. The van der Waals surface area contributed by atoms with Gasteiger partial charge in [-0.3, -0.25) is 4.79 Å². The molecule has 1 heterocycles. The van der Waals surface area contributed by atoms with Crippen molar-refractivity contribution in [2.75, 3.05) is 23.4 Å². The van der Waals surface area contributed by atoms with Gasteiger partial charge >= 0.3 is 0 Å². The molecule has 1 saturated heterocycles. The van der Waals surface area contributed by atoms with Crippen LogP contribution in [0.4, 0.5) is 5.69 Å². The zero-order chi connectivity index (χ0) is 19.2. The van der Waals surface area contributed by atoms with Gasteiger partial charge in [-0.05, 0) is 55.7 Å². The topological polar surface area (TPSA) is 66.5 Å². The molecule has 2 aromatic rings. The van der Waals surface area contributed by atoms with Gasteiger partial charge in [-0.1, -0.05) is 24.3 Å². The molecule has 0 unspecified atom stereocenters. The van der Waals surface area contributed by atoms with Crippen molar-refractivity contribution in [2.24, 2.45) is 0 Å². The molecule has 0 aromatic heterocycles. The summed E-state index contributed by atoms with van der Waals surface area (Å²) >= 11 is 0. The van der Waals surface area contributed by atoms with E-state index in [0.29, 0.717) is 13.0 Å². The highest BCUT2D eigenvalue weighted by molar-refractivity contribution is 7.91. The van der Waals surface area contributed by atoms with E-state index in [0.717, 1.165) is 23.9 Å². The van der Waals surface area contributed by atoms with Gasteiger partial charge in [0.1, 0.15) is 6.04 Å². The number of hydrogen-bond donors (Lipinski definition) is 1. The molecule has 1 aliphatic carbocycles. The van der Waals surface area contributed by atoms with Gasteiger partial charge in [0, 0.05) is 23.7 Å². The van der Waals surface area contributed by atoms with Crippen LogP contribution in [0, 0.1) is 0 Å². The van der Waals surface area contributed by atoms with Gasteiger partial charge in [0.2, 0.25) is 5.91 Å². The van der Waals surface area contributed by atoms with E-state index < -0.39 is 15.9 Å². The molecular weight excluding hydrogens is 360 g/mol. The average Bonchev–Trinajstić information content (AvgIpc) is 3.22. The maximum Gasteiger partial charge on any atom is 0.245 e. The molecule has 4 rings (SSSR count). The quantitative estimate of drug-likeness (QED) is 0.858. The van der Waals surface area contributed by atoms with Crippen LogP contribution in [-0.2, 0) is 27.5 Å². The van der Waals surface area contributed by atoms with E-state index in [-0.39, 0.29) is 23.5 Å². The number of benzene rings is 2. The monoisotopic (exact) mass is 386 g/mol. The fourth-order valence-electron chi connectivity index (χ4n) is 4.53. The van der Waals surface area contributed by atoms with Crippen molar-refractivity contribution in [1.82, 2.24) is 4.90 Å². The second kappa shape index (κ2) is 6.82. The largest absolute Gasteiger partial charge is 0.373 e. The van der Waals surface area contributed by atoms with E-state index in [9.17, 15) is 13.2 Å². The lowest BCUT2D eigenvalue weighted by Gasteiger charge is -2.30. The minimum Gasteiger partial charge on any atom is -0.373 e. The van der Waals surface area contributed by atoms with Gasteiger partial charge in [-0.2, -0.15) is 0 Å². The van der Waals surface area contributed by atoms with Crippen LogP contribution in [-0.4, -0.2) is 49.4 Å². The Morgan fingerprint density at radius 3 is 2.63 bits per heavy atom. The first-order valence-corrected chi connectivity index (χ1v) is 11.5. The van der Waals surface area contributed by atoms with Gasteiger partial charge in [0.15, 0.2) is 9.84 Å². The highest BCUT2D eigenvalue weighted by atomic mass is 32.2. The summed E-state index contributed by atoms with van der Waals surface area (Å²) in [4.78, 5) is 14.8. The van der Waals surface area contributed by atoms with E-state index in [1.165, 1.54) is 16.5 Å². The van der Waals surface area contributed by atoms with Crippen LogP contribution in [0.5, 0.6) is 0 Å². The average molecular weight is 387 g/mol. The summed E-state index contributed by atoms with van der Waals surface area (Å²) in [6.45, 7) is 4.29. The first-order valence-electron chi connectivity index (χ1n) is 9.70. The van der Waals surface area contributed by atoms with Gasteiger partial charge in [-0.25, -0.2) is 8.42 Å². The van der Waals surface area contributed by atoms with Gasteiger partial charge in [-0.15, -0.1) is 0 Å². The molecule has 2 atom stereocenters. The lowest BCUT2D eigenvalue weighted by Crippen LogP contribution is -2.47. The number of nitrogens with zero attached hydrogens (tertiary/aromatic N) is 1. The third kappa shape index (κ3) is 3.31. The van der Waals surface area contributed by atoms with Gasteiger partial charge in [0.25, 0.3) is 0 Å². The smallest absolute Gasteiger partial charge is 0.245 e. The third-order valence-electron chi connectivity index (χ3n) is 5.89. The Morgan fingerprint density at radius 1 is 1.22 bits per heavy atom. The van der Waals surface area contributed by atoms with Crippen molar-refractivity contribution < 1.29 is 13.2 Å². The van der Waals surface area contributed by atoms with Crippen LogP contribution in [0.2, 0.25) is 0 Å². The summed E-state index contributed by atoms with van der Waals surface area (Å²) in [6.07, 6.45) is 2.68. The molecule has 5 nitrogen and oxygen atoms in total. The Kier molecular flexibility index (Phi) is 4.62. The number of nitrogens with one attached hydrogen (secondary N) is 1. The van der Waals surface area contributed by atoms with Crippen molar-refractivity contribution in [3.05, 3.63) is 41.5 Å². The Hall–Kier alpha value is -2.08. The second-order valence-electron chi connectivity index (χ2n) is 7.66. The first kappa shape index (κ1) is 18.3. The fraction of sp³-hybridized carbons (Fsp3) is 0.476. The predicted molar refractivity (Wildman–Crippen MR) is 109 cm³/mol. The standard InChI is InChI=1S/C21H26N2O3S/c1-3-23(17-11-12-27(25,26)13-17)21(24)14(2)22-19-10-9-16-8-7-15-5-4-6-18(19)20(15)16/h4-6,9-10,14,17,22H,3,7-8,11-13H2,1-2H3/t14-,17-/m1/s1. The maximum atomic E-state index is 13.0. The zero-order valence-corrected chi connectivity index (χ0v) is 16.7. The summed E-state index contributed by atoms with van der Waals surface area (Å²) in [6, 6.07) is 9.96. The van der Waals surface area contributed by atoms with Gasteiger partial charge < -0.3 is 10.2 Å². The summed E-state index contributed by atoms with van der Waals surface area (Å²) in [7, 11) is -3.01. The lowest BCUT2D eigenvalue weighted by atomic mass is 10.0. The number of likely N-dealkylation sites (N-methyl/N-ethyl adjacent to an activating group) is 1. The van der Waals surface area contributed by atoms with E-state index >= 15 is 0 Å². The molecule has 6 heteroatoms. The molecule has 0 bridgehead atoms. The van der Waals surface area contributed by atoms with Crippen molar-refractivity contribution in [3.63, 3.8) is 0 Å². The lowest BCUT2D eigenvalue weighted by molar-refractivity contribution is -0.133. The molecule has 1 N–H and O–H groups in total. The molecule has 1 amide bonds. The summed E-state index contributed by atoms with van der Waals surface area (Å²) < 4.78 is 23.6. The Morgan fingerprint density at radius 2 is 1.96 bits per heavy atom. The number of aryl methyl sites for hydroxylation is 2. The molecule has 2 aromatic carbocycles. The minimum atomic E-state index is -3.01. The number of rotatable bonds is 5. The molecule has 1 aliphatic heterocycles. The third-order valence-corrected chi connectivity index (χ3v) is 7.64. The molecule has 0 saturated carbocycles. The highest BCUT2D eigenvalue weighted by Crippen LogP contribution is 2.35. The number of hydrogen-bond acceptors (Lipinski definition) is 4. The predicted octanol–water partition coefficient (Wildman–Crippen LogP) is 2.77. The SMILES string of the molecule is CCN(C(=O)[C@@H](C)Nc1ccc2c3c(cccc13)CC2)[C@@H]1CCS(=O)(=O)C1. The van der Waals surface area contributed by atoms with Crippen LogP contribution < -0.4 is 5.32 Å². The normalized spacial score (nSPS) is 21.3. The van der Waals surface area contributed by atoms with E-state index in [4.69, 9.17) is 0 Å². The van der Waals surface area contributed by atoms with Crippen LogP contribution in [0.3, 0.4) is 0 Å². The van der Waals surface area contributed by atoms with E-state index in [1.807, 2.05) is 13.8 Å². The van der Waals surface area contributed by atoms with E-state index in [1.54, 1.807) is 4.90 Å². The minimum absolute atomic E-state index is 0.0390. The zero-order valence-electron chi connectivity index (χ0n) is 15.9. The van der Waals surface area contributed by atoms with Crippen molar-refractivity contribution >= 4 is 32.2 Å². The number of anilines is 1. The summed E-state index contributed by atoms with van der Waals surface area (Å²) in [5.41, 5.74) is 3.71. The van der Waals surface area contributed by atoms with E-state index in [2.05, 4.69) is 35.6 Å². The van der Waals surface area contributed by atoms with Gasteiger partial charge in [0.05, 0.1) is 11.5 Å². The number of amides is 1. The molecule has 27 heavy (non-hydrogen) atoms. The molecular formula is C21H26N2O3S. The first-order chi connectivity index (χ1) is 12.9. The van der Waals surface area contributed by atoms with Crippen LogP contribution >= 0.6 is 0 Å². The fourth-order valence-corrected chi connectivity index (χ4v) is 6.26. The molecule has 0 spiro atoms. The van der Waals surface area contributed by atoms with Crippen LogP contribution in [0.25, 0.3) is 10.8 Å². The summed E-state index contributed by atoms with van der Waals surface area (Å²) in [5.74, 6) is 0.223. The number of carbonyl (C=O) groups is 1. The maximum absolute atomic E-state index is 13.0. The number of carbonyl (C=O) groups excluding carboxylic acids is 1. The summed E-state index contributed by atoms with van der Waals surface area (Å²) in [5, 5.41) is 5.86. The Labute approximate surface area is 160 Å². The molecule has 2 aliphatic rings. The van der Waals surface area contributed by atoms with Crippen molar-refractivity contribution in [2.45, 2.75) is 45.2 Å². The Balaban J connectivity index is 1.56. The second-order valence-corrected chi connectivity index (χ2v) is 9.89. The molecule has 144 valence electrons. The Bertz CT molecular complexity index is 990. The van der Waals surface area contributed by atoms with Crippen LogP contribution in [0.15, 0.2) is 30.3 Å².